The van der Waals surface area contributed by atoms with Crippen molar-refractivity contribution >= 4 is 55.3 Å². The molecule has 2 aromatic carbocycles. The standard InChI is InChI=1S/C23H19Br2NO5/c1-30-14-4-2-3-11(9-14)23(29)31-13-7-5-12(6-8-13)26-21(27)17-15-10-16(18(17)22(26)28)20(25)19(15)24/h2-9,15-20H,10H2,1H3/t15-,16-,17-,18-,19-,20+/m1/s1. The molecule has 2 aromatic rings. The zero-order valence-corrected chi connectivity index (χ0v) is 19.7. The van der Waals surface area contributed by atoms with Gasteiger partial charge in [-0.25, -0.2) is 4.79 Å². The number of rotatable bonds is 4. The molecule has 2 amide bonds. The Kier molecular flexibility index (Phi) is 5.17. The summed E-state index contributed by atoms with van der Waals surface area (Å²) in [6.07, 6.45) is 0.894. The van der Waals surface area contributed by atoms with Crippen molar-refractivity contribution < 1.29 is 23.9 Å². The Balaban J connectivity index is 1.33. The number of carbonyl (C=O) groups excluding carboxylic acids is 3. The van der Waals surface area contributed by atoms with Gasteiger partial charge in [0, 0.05) is 9.65 Å². The first-order valence-electron chi connectivity index (χ1n) is 10.0. The van der Waals surface area contributed by atoms with Crippen molar-refractivity contribution in [2.45, 2.75) is 16.1 Å². The van der Waals surface area contributed by atoms with Gasteiger partial charge in [0.25, 0.3) is 0 Å². The fourth-order valence-electron chi connectivity index (χ4n) is 5.18. The third-order valence-corrected chi connectivity index (χ3v) is 9.80. The maximum atomic E-state index is 13.1. The highest BCUT2D eigenvalue weighted by atomic mass is 79.9. The molecule has 2 bridgehead atoms. The zero-order chi connectivity index (χ0) is 21.9. The summed E-state index contributed by atoms with van der Waals surface area (Å²) >= 11 is 7.39. The number of hydrogen-bond donors (Lipinski definition) is 0. The maximum Gasteiger partial charge on any atom is 0.343 e. The summed E-state index contributed by atoms with van der Waals surface area (Å²) in [5.74, 6) is -0.0724. The van der Waals surface area contributed by atoms with E-state index in [9.17, 15) is 14.4 Å². The number of methoxy groups -OCH3 is 1. The molecule has 3 aliphatic rings. The number of amides is 2. The molecule has 0 radical (unpaired) electrons. The van der Waals surface area contributed by atoms with E-state index in [0.717, 1.165) is 6.42 Å². The second kappa shape index (κ2) is 7.74. The fraction of sp³-hybridized carbons (Fsp3) is 0.348. The molecule has 0 spiro atoms. The number of benzene rings is 2. The Morgan fingerprint density at radius 2 is 1.55 bits per heavy atom. The SMILES string of the molecule is COc1cccc(C(=O)Oc2ccc(N3C(=O)[C@@H]4[C@H]5C[C@@H]([C@@H](Br)[C@H]5Br)[C@H]4C3=O)cc2)c1. The molecule has 1 saturated heterocycles. The van der Waals surface area contributed by atoms with Crippen LogP contribution >= 0.6 is 31.9 Å². The first kappa shape index (κ1) is 20.7. The molecule has 3 fully saturated rings. The van der Waals surface area contributed by atoms with E-state index in [1.807, 2.05) is 0 Å². The van der Waals surface area contributed by atoms with E-state index in [4.69, 9.17) is 9.47 Å². The highest BCUT2D eigenvalue weighted by molar-refractivity contribution is 9.12. The van der Waals surface area contributed by atoms with Crippen LogP contribution < -0.4 is 14.4 Å². The maximum absolute atomic E-state index is 13.1. The number of carbonyl (C=O) groups is 3. The smallest absolute Gasteiger partial charge is 0.343 e. The summed E-state index contributed by atoms with van der Waals surface area (Å²) in [5.41, 5.74) is 0.868. The highest BCUT2D eigenvalue weighted by Crippen LogP contribution is 2.60. The van der Waals surface area contributed by atoms with Gasteiger partial charge in [-0.05, 0) is 60.7 Å². The lowest BCUT2D eigenvalue weighted by Crippen LogP contribution is -2.37. The lowest BCUT2D eigenvalue weighted by atomic mass is 9.81. The van der Waals surface area contributed by atoms with Crippen LogP contribution in [-0.4, -0.2) is 34.5 Å². The molecule has 1 aliphatic heterocycles. The number of halogens is 2. The summed E-state index contributed by atoms with van der Waals surface area (Å²) in [4.78, 5) is 40.3. The van der Waals surface area contributed by atoms with Crippen LogP contribution in [0.1, 0.15) is 16.8 Å². The predicted molar refractivity (Wildman–Crippen MR) is 121 cm³/mol. The molecule has 160 valence electrons. The number of imide groups is 1. The summed E-state index contributed by atoms with van der Waals surface area (Å²) in [6, 6.07) is 13.2. The Labute approximate surface area is 196 Å². The lowest BCUT2D eigenvalue weighted by molar-refractivity contribution is -0.123. The van der Waals surface area contributed by atoms with Crippen LogP contribution in [0.5, 0.6) is 11.5 Å². The van der Waals surface area contributed by atoms with E-state index in [1.165, 1.54) is 12.0 Å². The zero-order valence-electron chi connectivity index (χ0n) is 16.5. The molecule has 0 N–H and O–H groups in total. The fourth-order valence-corrected chi connectivity index (χ4v) is 7.06. The first-order chi connectivity index (χ1) is 14.9. The van der Waals surface area contributed by atoms with E-state index in [-0.39, 0.29) is 45.1 Å². The van der Waals surface area contributed by atoms with Gasteiger partial charge in [0.05, 0.1) is 30.2 Å². The number of fused-ring (bicyclic) bond motifs is 5. The molecule has 2 saturated carbocycles. The number of alkyl halides is 2. The van der Waals surface area contributed by atoms with Crippen molar-refractivity contribution in [3.8, 4) is 11.5 Å². The number of esters is 1. The topological polar surface area (TPSA) is 72.9 Å². The summed E-state index contributed by atoms with van der Waals surface area (Å²) < 4.78 is 10.6. The molecular weight excluding hydrogens is 530 g/mol. The number of ether oxygens (including phenoxy) is 2. The van der Waals surface area contributed by atoms with Crippen LogP contribution in [0.3, 0.4) is 0 Å². The quantitative estimate of drug-likeness (QED) is 0.248. The molecule has 31 heavy (non-hydrogen) atoms. The van der Waals surface area contributed by atoms with Crippen LogP contribution in [0.2, 0.25) is 0 Å². The first-order valence-corrected chi connectivity index (χ1v) is 11.9. The van der Waals surface area contributed by atoms with Gasteiger partial charge in [-0.3, -0.25) is 14.5 Å². The monoisotopic (exact) mass is 547 g/mol. The van der Waals surface area contributed by atoms with Gasteiger partial charge in [0.1, 0.15) is 11.5 Å². The van der Waals surface area contributed by atoms with E-state index in [0.29, 0.717) is 22.7 Å². The molecule has 0 unspecified atom stereocenters. The molecule has 6 nitrogen and oxygen atoms in total. The van der Waals surface area contributed by atoms with E-state index >= 15 is 0 Å². The third-order valence-electron chi connectivity index (χ3n) is 6.60. The van der Waals surface area contributed by atoms with Gasteiger partial charge in [-0.2, -0.15) is 0 Å². The normalized spacial score (nSPS) is 31.1. The molecule has 6 atom stereocenters. The Morgan fingerprint density at radius 3 is 2.13 bits per heavy atom. The second-order valence-corrected chi connectivity index (χ2v) is 10.2. The Bertz CT molecular complexity index is 1040. The summed E-state index contributed by atoms with van der Waals surface area (Å²) in [5, 5.41) is 0. The van der Waals surface area contributed by atoms with Crippen molar-refractivity contribution in [1.29, 1.82) is 0 Å². The molecule has 5 rings (SSSR count). The largest absolute Gasteiger partial charge is 0.497 e. The number of anilines is 1. The van der Waals surface area contributed by atoms with Gasteiger partial charge in [-0.15, -0.1) is 0 Å². The van der Waals surface area contributed by atoms with Crippen molar-refractivity contribution in [2.75, 3.05) is 12.0 Å². The van der Waals surface area contributed by atoms with Crippen LogP contribution in [0.4, 0.5) is 5.69 Å². The van der Waals surface area contributed by atoms with Crippen molar-refractivity contribution in [1.82, 2.24) is 0 Å². The average molecular weight is 549 g/mol. The lowest BCUT2D eigenvalue weighted by Gasteiger charge is -2.28. The summed E-state index contributed by atoms with van der Waals surface area (Å²) in [7, 11) is 1.53. The van der Waals surface area contributed by atoms with Crippen LogP contribution in [0.15, 0.2) is 48.5 Å². The molecular formula is C23H19Br2NO5. The van der Waals surface area contributed by atoms with Gasteiger partial charge >= 0.3 is 5.97 Å². The van der Waals surface area contributed by atoms with Crippen molar-refractivity contribution in [2.24, 2.45) is 23.7 Å². The molecule has 0 aromatic heterocycles. The van der Waals surface area contributed by atoms with Gasteiger partial charge < -0.3 is 9.47 Å². The van der Waals surface area contributed by atoms with Crippen LogP contribution in [0.25, 0.3) is 0 Å². The second-order valence-electron chi connectivity index (χ2n) is 8.13. The van der Waals surface area contributed by atoms with E-state index < -0.39 is 5.97 Å². The molecule has 8 heteroatoms. The third kappa shape index (κ3) is 3.22. The van der Waals surface area contributed by atoms with Crippen LogP contribution in [-0.2, 0) is 9.59 Å². The van der Waals surface area contributed by atoms with Gasteiger partial charge in [0.2, 0.25) is 11.8 Å². The molecule has 1 heterocycles. The highest BCUT2D eigenvalue weighted by Gasteiger charge is 2.66. The minimum Gasteiger partial charge on any atom is -0.497 e. The summed E-state index contributed by atoms with van der Waals surface area (Å²) in [6.45, 7) is 0. The predicted octanol–water partition coefficient (Wildman–Crippen LogP) is 4.20. The number of hydrogen-bond acceptors (Lipinski definition) is 5. The Morgan fingerprint density at radius 1 is 0.935 bits per heavy atom. The van der Waals surface area contributed by atoms with Crippen molar-refractivity contribution in [3.05, 3.63) is 54.1 Å². The minimum atomic E-state index is -0.516. The van der Waals surface area contributed by atoms with Gasteiger partial charge in [-0.1, -0.05) is 37.9 Å². The minimum absolute atomic E-state index is 0.132. The van der Waals surface area contributed by atoms with Crippen LogP contribution in [0, 0.1) is 23.7 Å². The van der Waals surface area contributed by atoms with E-state index in [2.05, 4.69) is 31.9 Å². The van der Waals surface area contributed by atoms with E-state index in [1.54, 1.807) is 48.5 Å². The molecule has 2 aliphatic carbocycles. The van der Waals surface area contributed by atoms with Gasteiger partial charge in [0.15, 0.2) is 0 Å². The average Bonchev–Trinajstić information content (AvgIpc) is 3.39. The van der Waals surface area contributed by atoms with Crippen molar-refractivity contribution in [3.63, 3.8) is 0 Å². The number of nitrogens with zero attached hydrogens (tertiary/aromatic N) is 1. The Hall–Kier alpha value is -2.19.